The lowest BCUT2D eigenvalue weighted by Gasteiger charge is -2.27. The Kier molecular flexibility index (Phi) is 4.30. The van der Waals surface area contributed by atoms with Crippen LogP contribution in [0.15, 0.2) is 24.3 Å². The van der Waals surface area contributed by atoms with Crippen molar-refractivity contribution < 1.29 is 4.74 Å². The topological polar surface area (TPSA) is 21.3 Å². The molecule has 2 rings (SSSR count). The summed E-state index contributed by atoms with van der Waals surface area (Å²) in [5.41, 5.74) is 0. The minimum absolute atomic E-state index is 0.283. The highest BCUT2D eigenvalue weighted by Gasteiger charge is 2.28. The number of rotatable bonds is 4. The largest absolute Gasteiger partial charge is 0.490 e. The molecule has 1 saturated heterocycles. The highest BCUT2D eigenvalue weighted by atomic mass is 35.5. The Bertz CT molecular complexity index is 344. The van der Waals surface area contributed by atoms with Gasteiger partial charge in [-0.1, -0.05) is 25.4 Å². The molecule has 1 aromatic carbocycles. The third-order valence-corrected chi connectivity index (χ3v) is 3.56. The fourth-order valence-corrected chi connectivity index (χ4v) is 2.53. The van der Waals surface area contributed by atoms with E-state index in [-0.39, 0.29) is 6.10 Å². The zero-order valence-corrected chi connectivity index (χ0v) is 11.2. The second-order valence-corrected chi connectivity index (χ2v) is 5.47. The summed E-state index contributed by atoms with van der Waals surface area (Å²) in [6.45, 7) is 6.62. The van der Waals surface area contributed by atoms with E-state index in [4.69, 9.17) is 16.3 Å². The molecule has 0 spiro atoms. The van der Waals surface area contributed by atoms with E-state index < -0.39 is 0 Å². The summed E-state index contributed by atoms with van der Waals surface area (Å²) in [6, 6.07) is 7.64. The van der Waals surface area contributed by atoms with E-state index in [0.29, 0.717) is 11.8 Å². The van der Waals surface area contributed by atoms with Crippen LogP contribution in [0.4, 0.5) is 0 Å². The fraction of sp³-hybridized carbons (Fsp3) is 0.571. The Labute approximate surface area is 108 Å². The minimum Gasteiger partial charge on any atom is -0.490 e. The van der Waals surface area contributed by atoms with Gasteiger partial charge in [0.2, 0.25) is 0 Å². The van der Waals surface area contributed by atoms with E-state index in [1.165, 1.54) is 6.42 Å². The minimum atomic E-state index is 0.283. The van der Waals surface area contributed by atoms with E-state index in [9.17, 15) is 0 Å². The number of benzene rings is 1. The van der Waals surface area contributed by atoms with E-state index in [2.05, 4.69) is 19.2 Å². The fourth-order valence-electron chi connectivity index (χ4n) is 2.40. The van der Waals surface area contributed by atoms with Gasteiger partial charge < -0.3 is 10.1 Å². The van der Waals surface area contributed by atoms with Crippen LogP contribution in [0.5, 0.6) is 5.75 Å². The zero-order chi connectivity index (χ0) is 12.3. The molecule has 1 fully saturated rings. The number of halogens is 1. The van der Waals surface area contributed by atoms with Gasteiger partial charge in [0.05, 0.1) is 0 Å². The van der Waals surface area contributed by atoms with Crippen molar-refractivity contribution in [1.29, 1.82) is 0 Å². The van der Waals surface area contributed by atoms with Crippen molar-refractivity contribution in [3.8, 4) is 5.75 Å². The van der Waals surface area contributed by atoms with Crippen molar-refractivity contribution in [2.45, 2.75) is 26.4 Å². The molecule has 1 aliphatic rings. The van der Waals surface area contributed by atoms with Gasteiger partial charge in [0.1, 0.15) is 11.9 Å². The lowest BCUT2D eigenvalue weighted by molar-refractivity contribution is 0.0973. The summed E-state index contributed by atoms with van der Waals surface area (Å²) in [6.07, 6.45) is 1.49. The van der Waals surface area contributed by atoms with Crippen molar-refractivity contribution >= 4 is 11.6 Å². The van der Waals surface area contributed by atoms with Gasteiger partial charge in [0.15, 0.2) is 0 Å². The molecule has 0 radical (unpaired) electrons. The molecule has 1 unspecified atom stereocenters. The molecule has 3 heteroatoms. The maximum Gasteiger partial charge on any atom is 0.119 e. The van der Waals surface area contributed by atoms with Crippen LogP contribution in [0.25, 0.3) is 0 Å². The van der Waals surface area contributed by atoms with Crippen molar-refractivity contribution in [2.75, 3.05) is 13.1 Å². The lowest BCUT2D eigenvalue weighted by atomic mass is 9.92. The molecule has 17 heavy (non-hydrogen) atoms. The molecule has 0 amide bonds. The quantitative estimate of drug-likeness (QED) is 0.889. The van der Waals surface area contributed by atoms with Gasteiger partial charge >= 0.3 is 0 Å². The van der Waals surface area contributed by atoms with E-state index >= 15 is 0 Å². The van der Waals surface area contributed by atoms with Crippen LogP contribution in [0.1, 0.15) is 20.3 Å². The maximum atomic E-state index is 6.12. The molecule has 2 nitrogen and oxygen atoms in total. The molecule has 1 aromatic rings. The van der Waals surface area contributed by atoms with Gasteiger partial charge in [0.25, 0.3) is 0 Å². The third-order valence-electron chi connectivity index (χ3n) is 3.31. The summed E-state index contributed by atoms with van der Waals surface area (Å²) in [7, 11) is 0. The second kappa shape index (κ2) is 5.74. The normalized spacial score (nSPS) is 21.8. The second-order valence-electron chi connectivity index (χ2n) is 5.03. The van der Waals surface area contributed by atoms with Gasteiger partial charge in [-0.3, -0.25) is 0 Å². The summed E-state index contributed by atoms with van der Waals surface area (Å²) in [5.74, 6) is 2.06. The first kappa shape index (κ1) is 12.7. The van der Waals surface area contributed by atoms with Crippen LogP contribution in [-0.4, -0.2) is 19.2 Å². The standard InChI is InChI=1S/C14H20ClNO/c1-10(2)14(11-7-8-16-9-11)17-13-5-3-12(15)4-6-13/h3-6,10-11,14,16H,7-9H2,1-2H3/t11?,14-/m0/s1. The van der Waals surface area contributed by atoms with Gasteiger partial charge in [-0.05, 0) is 43.1 Å². The Morgan fingerprint density at radius 3 is 2.53 bits per heavy atom. The molecule has 1 N–H and O–H groups in total. The number of hydrogen-bond acceptors (Lipinski definition) is 2. The predicted molar refractivity (Wildman–Crippen MR) is 71.7 cm³/mol. The summed E-state index contributed by atoms with van der Waals surface area (Å²) >= 11 is 5.87. The maximum absolute atomic E-state index is 6.12. The van der Waals surface area contributed by atoms with Crippen LogP contribution in [0, 0.1) is 11.8 Å². The highest BCUT2D eigenvalue weighted by Crippen LogP contribution is 2.25. The number of ether oxygens (including phenoxy) is 1. The zero-order valence-electron chi connectivity index (χ0n) is 10.4. The van der Waals surface area contributed by atoms with Crippen LogP contribution in [0.2, 0.25) is 5.02 Å². The third kappa shape index (κ3) is 3.36. The van der Waals surface area contributed by atoms with Crippen molar-refractivity contribution in [3.05, 3.63) is 29.3 Å². The summed E-state index contributed by atoms with van der Waals surface area (Å²) in [5, 5.41) is 4.15. The van der Waals surface area contributed by atoms with E-state index in [0.717, 1.165) is 23.9 Å². The molecule has 1 heterocycles. The van der Waals surface area contributed by atoms with Gasteiger partial charge in [-0.2, -0.15) is 0 Å². The predicted octanol–water partition coefficient (Wildman–Crippen LogP) is 3.35. The van der Waals surface area contributed by atoms with Crippen LogP contribution in [-0.2, 0) is 0 Å². The summed E-state index contributed by atoms with van der Waals surface area (Å²) < 4.78 is 6.12. The van der Waals surface area contributed by atoms with Crippen LogP contribution >= 0.6 is 11.6 Å². The molecule has 0 aromatic heterocycles. The first-order valence-corrected chi connectivity index (χ1v) is 6.67. The number of hydrogen-bond donors (Lipinski definition) is 1. The Morgan fingerprint density at radius 2 is 2.00 bits per heavy atom. The first-order chi connectivity index (χ1) is 8.16. The van der Waals surface area contributed by atoms with Gasteiger partial charge in [-0.15, -0.1) is 0 Å². The Balaban J connectivity index is 2.04. The molecule has 94 valence electrons. The molecule has 1 aliphatic heterocycles. The van der Waals surface area contributed by atoms with Gasteiger partial charge in [-0.25, -0.2) is 0 Å². The van der Waals surface area contributed by atoms with Gasteiger partial charge in [0, 0.05) is 17.5 Å². The smallest absolute Gasteiger partial charge is 0.119 e. The monoisotopic (exact) mass is 253 g/mol. The van der Waals surface area contributed by atoms with Crippen LogP contribution in [0.3, 0.4) is 0 Å². The molecule has 0 saturated carbocycles. The average Bonchev–Trinajstić information content (AvgIpc) is 2.81. The van der Waals surface area contributed by atoms with E-state index in [1.54, 1.807) is 0 Å². The van der Waals surface area contributed by atoms with Crippen molar-refractivity contribution in [1.82, 2.24) is 5.32 Å². The Hall–Kier alpha value is -0.730. The summed E-state index contributed by atoms with van der Waals surface area (Å²) in [4.78, 5) is 0. The Morgan fingerprint density at radius 1 is 1.29 bits per heavy atom. The number of nitrogens with one attached hydrogen (secondary N) is 1. The highest BCUT2D eigenvalue weighted by molar-refractivity contribution is 6.30. The lowest BCUT2D eigenvalue weighted by Crippen LogP contribution is -2.33. The molecular formula is C14H20ClNO. The molecule has 0 aliphatic carbocycles. The van der Waals surface area contributed by atoms with Crippen LogP contribution < -0.4 is 10.1 Å². The van der Waals surface area contributed by atoms with Crippen molar-refractivity contribution in [3.63, 3.8) is 0 Å². The molecule has 2 atom stereocenters. The molecule has 0 bridgehead atoms. The average molecular weight is 254 g/mol. The van der Waals surface area contributed by atoms with Crippen molar-refractivity contribution in [2.24, 2.45) is 11.8 Å². The first-order valence-electron chi connectivity index (χ1n) is 6.30. The van der Waals surface area contributed by atoms with E-state index in [1.807, 2.05) is 24.3 Å². The molecular weight excluding hydrogens is 234 g/mol. The SMILES string of the molecule is CC(C)[C@H](Oc1ccc(Cl)cc1)C1CCNC1.